The molecule has 9 heteroatoms. The van der Waals surface area contributed by atoms with Crippen LogP contribution in [0.2, 0.25) is 0 Å². The smallest absolute Gasteiger partial charge is 0.240 e. The Kier molecular flexibility index (Phi) is 7.61. The molecule has 2 rings (SSSR count). The number of nitrogens with one attached hydrogen (secondary N) is 3. The number of hydrogen-bond donors (Lipinski definition) is 3. The summed E-state index contributed by atoms with van der Waals surface area (Å²) < 4.78 is 27.1. The first-order valence-electron chi connectivity index (χ1n) is 9.17. The van der Waals surface area contributed by atoms with Crippen molar-refractivity contribution in [2.75, 3.05) is 33.2 Å². The van der Waals surface area contributed by atoms with Crippen molar-refractivity contribution in [1.82, 2.24) is 20.3 Å². The minimum Gasteiger partial charge on any atom is -0.355 e. The second kappa shape index (κ2) is 9.70. The van der Waals surface area contributed by atoms with E-state index in [4.69, 9.17) is 0 Å². The number of likely N-dealkylation sites (tertiary alicyclic amines) is 1. The van der Waals surface area contributed by atoms with Crippen LogP contribution in [0.15, 0.2) is 34.2 Å². The zero-order chi connectivity index (χ0) is 19.9. The molecule has 0 saturated carbocycles. The maximum atomic E-state index is 12.2. The second-order valence-electron chi connectivity index (χ2n) is 6.53. The summed E-state index contributed by atoms with van der Waals surface area (Å²) in [7, 11) is -1.86. The molecule has 1 aliphatic rings. The van der Waals surface area contributed by atoms with E-state index >= 15 is 0 Å². The number of amides is 1. The Hall–Kier alpha value is -2.13. The molecule has 1 amide bonds. The fraction of sp³-hybridized carbons (Fsp3) is 0.556. The fourth-order valence-corrected chi connectivity index (χ4v) is 3.92. The van der Waals surface area contributed by atoms with Gasteiger partial charge in [-0.3, -0.25) is 9.79 Å². The van der Waals surface area contributed by atoms with Gasteiger partial charge < -0.3 is 15.5 Å². The van der Waals surface area contributed by atoms with Crippen molar-refractivity contribution in [1.29, 1.82) is 0 Å². The zero-order valence-corrected chi connectivity index (χ0v) is 17.0. The Morgan fingerprint density at radius 3 is 2.59 bits per heavy atom. The van der Waals surface area contributed by atoms with Crippen molar-refractivity contribution in [2.24, 2.45) is 4.99 Å². The lowest BCUT2D eigenvalue weighted by Crippen LogP contribution is -2.46. The van der Waals surface area contributed by atoms with Gasteiger partial charge >= 0.3 is 0 Å². The van der Waals surface area contributed by atoms with Crippen LogP contribution >= 0.6 is 0 Å². The number of carbonyl (C=O) groups excluding carboxylic acids is 1. The van der Waals surface area contributed by atoms with Gasteiger partial charge in [0.05, 0.1) is 4.90 Å². The lowest BCUT2D eigenvalue weighted by molar-refractivity contribution is -0.129. The molecule has 0 aliphatic carbocycles. The summed E-state index contributed by atoms with van der Waals surface area (Å²) in [4.78, 5) is 18.0. The van der Waals surface area contributed by atoms with Gasteiger partial charge in [0, 0.05) is 45.7 Å². The topological polar surface area (TPSA) is 103 Å². The van der Waals surface area contributed by atoms with Crippen molar-refractivity contribution < 1.29 is 13.2 Å². The molecule has 1 aliphatic heterocycles. The molecule has 1 unspecified atom stereocenters. The standard InChI is InChI=1S/C18H29N5O3S/c1-4-17(24)23-12-9-15(13-23)22-18(19-3)20-10-11-21-27(25,26)16-7-5-14(2)6-8-16/h5-8,15,21H,4,9-13H2,1-3H3,(H2,19,20,22). The second-order valence-corrected chi connectivity index (χ2v) is 8.30. The average Bonchev–Trinajstić information content (AvgIpc) is 3.12. The third-order valence-electron chi connectivity index (χ3n) is 4.45. The molecule has 150 valence electrons. The summed E-state index contributed by atoms with van der Waals surface area (Å²) in [6.07, 6.45) is 1.38. The third-order valence-corrected chi connectivity index (χ3v) is 5.93. The Morgan fingerprint density at radius 2 is 1.96 bits per heavy atom. The number of aryl methyl sites for hydroxylation is 1. The van der Waals surface area contributed by atoms with Gasteiger partial charge in [-0.15, -0.1) is 0 Å². The number of hydrogen-bond acceptors (Lipinski definition) is 4. The summed E-state index contributed by atoms with van der Waals surface area (Å²) in [5.74, 6) is 0.757. The van der Waals surface area contributed by atoms with E-state index in [2.05, 4.69) is 20.3 Å². The average molecular weight is 396 g/mol. The van der Waals surface area contributed by atoms with Crippen LogP contribution in [0.3, 0.4) is 0 Å². The maximum Gasteiger partial charge on any atom is 0.240 e. The van der Waals surface area contributed by atoms with Gasteiger partial charge in [-0.05, 0) is 25.5 Å². The van der Waals surface area contributed by atoms with Gasteiger partial charge in [-0.1, -0.05) is 24.6 Å². The van der Waals surface area contributed by atoms with E-state index in [9.17, 15) is 13.2 Å². The van der Waals surface area contributed by atoms with E-state index in [1.807, 2.05) is 18.7 Å². The lowest BCUT2D eigenvalue weighted by atomic mass is 10.2. The van der Waals surface area contributed by atoms with Crippen molar-refractivity contribution in [3.8, 4) is 0 Å². The van der Waals surface area contributed by atoms with Crippen LogP contribution in [0.4, 0.5) is 0 Å². The minimum absolute atomic E-state index is 0.149. The van der Waals surface area contributed by atoms with Crippen LogP contribution in [0.5, 0.6) is 0 Å². The first-order valence-corrected chi connectivity index (χ1v) is 10.7. The summed E-state index contributed by atoms with van der Waals surface area (Å²) >= 11 is 0. The van der Waals surface area contributed by atoms with Crippen LogP contribution in [0, 0.1) is 6.92 Å². The third kappa shape index (κ3) is 6.21. The number of sulfonamides is 1. The summed E-state index contributed by atoms with van der Waals surface area (Å²) in [5, 5.41) is 6.37. The molecule has 1 saturated heterocycles. The monoisotopic (exact) mass is 395 g/mol. The number of benzene rings is 1. The number of nitrogens with zero attached hydrogens (tertiary/aromatic N) is 2. The molecule has 1 atom stereocenters. The molecular formula is C18H29N5O3S. The largest absolute Gasteiger partial charge is 0.355 e. The SMILES string of the molecule is CCC(=O)N1CCC(NC(=NC)NCCNS(=O)(=O)c2ccc(C)cc2)C1. The highest BCUT2D eigenvalue weighted by Gasteiger charge is 2.25. The van der Waals surface area contributed by atoms with Gasteiger partial charge in [0.25, 0.3) is 0 Å². The molecule has 0 aromatic heterocycles. The molecule has 1 fully saturated rings. The summed E-state index contributed by atoms with van der Waals surface area (Å²) in [5.41, 5.74) is 1.01. The van der Waals surface area contributed by atoms with Gasteiger partial charge in [-0.2, -0.15) is 0 Å². The van der Waals surface area contributed by atoms with Gasteiger partial charge in [-0.25, -0.2) is 13.1 Å². The molecule has 27 heavy (non-hydrogen) atoms. The maximum absolute atomic E-state index is 12.2. The van der Waals surface area contributed by atoms with Crippen LogP contribution in [-0.2, 0) is 14.8 Å². The van der Waals surface area contributed by atoms with E-state index in [1.54, 1.807) is 31.3 Å². The molecule has 1 heterocycles. The number of guanidine groups is 1. The van der Waals surface area contributed by atoms with Crippen molar-refractivity contribution >= 4 is 21.9 Å². The Bertz CT molecular complexity index is 762. The first kappa shape index (κ1) is 21.2. The number of carbonyl (C=O) groups is 1. The lowest BCUT2D eigenvalue weighted by Gasteiger charge is -2.18. The van der Waals surface area contributed by atoms with E-state index < -0.39 is 10.0 Å². The molecule has 1 aromatic carbocycles. The van der Waals surface area contributed by atoms with Crippen LogP contribution in [0.25, 0.3) is 0 Å². The van der Waals surface area contributed by atoms with E-state index in [0.29, 0.717) is 25.5 Å². The van der Waals surface area contributed by atoms with Gasteiger partial charge in [0.15, 0.2) is 5.96 Å². The molecule has 3 N–H and O–H groups in total. The first-order chi connectivity index (χ1) is 12.9. The highest BCUT2D eigenvalue weighted by Crippen LogP contribution is 2.10. The molecule has 0 radical (unpaired) electrons. The Morgan fingerprint density at radius 1 is 1.26 bits per heavy atom. The highest BCUT2D eigenvalue weighted by molar-refractivity contribution is 7.89. The normalized spacial score (nSPS) is 17.8. The molecule has 8 nitrogen and oxygen atoms in total. The van der Waals surface area contributed by atoms with Gasteiger partial charge in [0.1, 0.15) is 0 Å². The van der Waals surface area contributed by atoms with Crippen molar-refractivity contribution in [2.45, 2.75) is 37.6 Å². The minimum atomic E-state index is -3.52. The number of aliphatic imine (C=N–C) groups is 1. The van der Waals surface area contributed by atoms with Gasteiger partial charge in [0.2, 0.25) is 15.9 Å². The Labute approximate surface area is 161 Å². The summed E-state index contributed by atoms with van der Waals surface area (Å²) in [6, 6.07) is 6.87. The van der Waals surface area contributed by atoms with E-state index in [0.717, 1.165) is 18.5 Å². The highest BCUT2D eigenvalue weighted by atomic mass is 32.2. The summed E-state index contributed by atoms with van der Waals surface area (Å²) in [6.45, 7) is 5.82. The van der Waals surface area contributed by atoms with Crippen LogP contribution in [-0.4, -0.2) is 64.5 Å². The van der Waals surface area contributed by atoms with Crippen molar-refractivity contribution in [3.05, 3.63) is 29.8 Å². The molecule has 0 bridgehead atoms. The van der Waals surface area contributed by atoms with E-state index in [1.165, 1.54) is 0 Å². The molecule has 1 aromatic rings. The van der Waals surface area contributed by atoms with Crippen molar-refractivity contribution in [3.63, 3.8) is 0 Å². The zero-order valence-electron chi connectivity index (χ0n) is 16.2. The molecule has 0 spiro atoms. The predicted molar refractivity (Wildman–Crippen MR) is 106 cm³/mol. The predicted octanol–water partition coefficient (Wildman–Crippen LogP) is 0.449. The fourth-order valence-electron chi connectivity index (χ4n) is 2.88. The Balaban J connectivity index is 1.75. The molecular weight excluding hydrogens is 366 g/mol. The van der Waals surface area contributed by atoms with Crippen LogP contribution in [0.1, 0.15) is 25.3 Å². The quantitative estimate of drug-likeness (QED) is 0.353. The van der Waals surface area contributed by atoms with E-state index in [-0.39, 0.29) is 23.4 Å². The van der Waals surface area contributed by atoms with Crippen LogP contribution < -0.4 is 15.4 Å². The number of rotatable bonds is 7.